The van der Waals surface area contributed by atoms with Crippen molar-refractivity contribution in [2.24, 2.45) is 5.10 Å². The molecule has 1 unspecified atom stereocenters. The molecule has 0 spiro atoms. The highest BCUT2D eigenvalue weighted by molar-refractivity contribution is 6.03. The number of benzene rings is 4. The number of rotatable bonds is 7. The van der Waals surface area contributed by atoms with Gasteiger partial charge in [-0.25, -0.2) is 4.79 Å². The van der Waals surface area contributed by atoms with Crippen molar-refractivity contribution in [3.63, 3.8) is 0 Å². The first-order valence-corrected chi connectivity index (χ1v) is 13.2. The van der Waals surface area contributed by atoms with Gasteiger partial charge < -0.3 is 9.84 Å². The number of aromatic carboxylic acids is 1. The number of carboxylic acid groups (broad SMARTS) is 1. The number of anilines is 1. The summed E-state index contributed by atoms with van der Waals surface area (Å²) in [6.07, 6.45) is 4.15. The molecule has 2 heterocycles. The maximum absolute atomic E-state index is 11.7. The molecule has 5 aromatic rings. The van der Waals surface area contributed by atoms with Crippen molar-refractivity contribution in [3.8, 4) is 16.9 Å². The third kappa shape index (κ3) is 5.14. The minimum absolute atomic E-state index is 0.126. The Kier molecular flexibility index (Phi) is 6.70. The normalized spacial score (nSPS) is 14.9. The van der Waals surface area contributed by atoms with Crippen LogP contribution in [0.5, 0.6) is 5.75 Å². The molecular weight excluding hydrogens is 500 g/mol. The van der Waals surface area contributed by atoms with Gasteiger partial charge in [-0.3, -0.25) is 15.0 Å². The number of hydrogen-bond donors (Lipinski definition) is 1. The standard InChI is InChI=1S/C33H28N4O3/c1-21(2)40-28-13-10-23(11-14-28)22-6-8-24(9-7-22)30-20-32(25-12-15-29-31(19-25)35-17-16-34-29)37(36-30)27-5-3-4-26(18-27)33(38)39/h3-19,21,32H,20H2,1-2H3,(H,38,39). The first kappa shape index (κ1) is 25.2. The predicted molar refractivity (Wildman–Crippen MR) is 157 cm³/mol. The van der Waals surface area contributed by atoms with Gasteiger partial charge in [0.1, 0.15) is 5.75 Å². The number of nitrogens with zero attached hydrogens (tertiary/aromatic N) is 4. The lowest BCUT2D eigenvalue weighted by atomic mass is 9.96. The molecule has 7 heteroatoms. The fraction of sp³-hybridized carbons (Fsp3) is 0.152. The van der Waals surface area contributed by atoms with Gasteiger partial charge in [0.2, 0.25) is 0 Å². The molecule has 0 bridgehead atoms. The van der Waals surface area contributed by atoms with Crippen LogP contribution in [0, 0.1) is 0 Å². The third-order valence-corrected chi connectivity index (χ3v) is 6.92. The van der Waals surface area contributed by atoms with Gasteiger partial charge in [0, 0.05) is 18.8 Å². The molecule has 6 rings (SSSR count). The van der Waals surface area contributed by atoms with Crippen LogP contribution in [-0.4, -0.2) is 32.9 Å². The highest BCUT2D eigenvalue weighted by Gasteiger charge is 2.30. The molecule has 1 aromatic heterocycles. The van der Waals surface area contributed by atoms with Crippen molar-refractivity contribution < 1.29 is 14.6 Å². The molecule has 0 fully saturated rings. The van der Waals surface area contributed by atoms with E-state index in [4.69, 9.17) is 9.84 Å². The van der Waals surface area contributed by atoms with Crippen LogP contribution in [0.3, 0.4) is 0 Å². The van der Waals surface area contributed by atoms with Crippen LogP contribution >= 0.6 is 0 Å². The highest BCUT2D eigenvalue weighted by atomic mass is 16.5. The SMILES string of the molecule is CC(C)Oc1ccc(-c2ccc(C3=NN(c4cccc(C(=O)O)c4)C(c4ccc5nccnc5c4)C3)cc2)cc1. The largest absolute Gasteiger partial charge is 0.491 e. The average Bonchev–Trinajstić information content (AvgIpc) is 3.43. The van der Waals surface area contributed by atoms with Crippen LogP contribution in [0.15, 0.2) is 108 Å². The zero-order valence-corrected chi connectivity index (χ0v) is 22.2. The molecule has 40 heavy (non-hydrogen) atoms. The summed E-state index contributed by atoms with van der Waals surface area (Å²) in [5.74, 6) is -0.115. The van der Waals surface area contributed by atoms with Crippen LogP contribution in [0.25, 0.3) is 22.2 Å². The number of carboxylic acids is 1. The smallest absolute Gasteiger partial charge is 0.335 e. The zero-order valence-electron chi connectivity index (χ0n) is 22.2. The lowest BCUT2D eigenvalue weighted by molar-refractivity contribution is 0.0697. The highest BCUT2D eigenvalue weighted by Crippen LogP contribution is 2.38. The lowest BCUT2D eigenvalue weighted by Gasteiger charge is -2.24. The number of ether oxygens (including phenoxy) is 1. The van der Waals surface area contributed by atoms with Crippen LogP contribution in [-0.2, 0) is 0 Å². The molecule has 0 radical (unpaired) electrons. The van der Waals surface area contributed by atoms with Gasteiger partial charge in [-0.05, 0) is 78.6 Å². The Morgan fingerprint density at radius 1 is 0.850 bits per heavy atom. The van der Waals surface area contributed by atoms with E-state index in [0.29, 0.717) is 6.42 Å². The minimum Gasteiger partial charge on any atom is -0.491 e. The van der Waals surface area contributed by atoms with E-state index in [1.807, 2.05) is 55.3 Å². The minimum atomic E-state index is -0.970. The fourth-order valence-corrected chi connectivity index (χ4v) is 5.00. The maximum atomic E-state index is 11.7. The second-order valence-electron chi connectivity index (χ2n) is 10.0. The second kappa shape index (κ2) is 10.6. The van der Waals surface area contributed by atoms with Crippen molar-refractivity contribution in [2.45, 2.75) is 32.4 Å². The van der Waals surface area contributed by atoms with Crippen LogP contribution in [0.1, 0.15) is 47.8 Å². The fourth-order valence-electron chi connectivity index (χ4n) is 5.00. The summed E-state index contributed by atoms with van der Waals surface area (Å²) in [5, 5.41) is 16.5. The van der Waals surface area contributed by atoms with Crippen LogP contribution < -0.4 is 9.75 Å². The summed E-state index contributed by atoms with van der Waals surface area (Å²) in [4.78, 5) is 20.6. The Morgan fingerprint density at radius 2 is 1.52 bits per heavy atom. The molecule has 1 N–H and O–H groups in total. The van der Waals surface area contributed by atoms with Gasteiger partial charge in [-0.15, -0.1) is 0 Å². The number of carbonyl (C=O) groups is 1. The topological polar surface area (TPSA) is 87.9 Å². The Hall–Kier alpha value is -5.04. The molecule has 4 aromatic carbocycles. The Bertz CT molecular complexity index is 1710. The van der Waals surface area contributed by atoms with Crippen molar-refractivity contribution in [2.75, 3.05) is 5.01 Å². The van der Waals surface area contributed by atoms with Gasteiger partial charge in [-0.2, -0.15) is 5.10 Å². The van der Waals surface area contributed by atoms with E-state index >= 15 is 0 Å². The molecule has 7 nitrogen and oxygen atoms in total. The molecule has 1 aliphatic rings. The van der Waals surface area contributed by atoms with Gasteiger partial charge in [0.25, 0.3) is 0 Å². The molecule has 0 saturated heterocycles. The summed E-state index contributed by atoms with van der Waals surface area (Å²) in [5.41, 5.74) is 7.77. The Balaban J connectivity index is 1.33. The van der Waals surface area contributed by atoms with E-state index < -0.39 is 5.97 Å². The first-order valence-electron chi connectivity index (χ1n) is 13.2. The number of fused-ring (bicyclic) bond motifs is 1. The average molecular weight is 529 g/mol. The van der Waals surface area contributed by atoms with Gasteiger partial charge >= 0.3 is 5.97 Å². The van der Waals surface area contributed by atoms with Gasteiger partial charge in [-0.1, -0.05) is 48.5 Å². The van der Waals surface area contributed by atoms with Crippen molar-refractivity contribution in [1.29, 1.82) is 0 Å². The number of hydrazone groups is 1. The summed E-state index contributed by atoms with van der Waals surface area (Å²) in [6.45, 7) is 4.03. The lowest BCUT2D eigenvalue weighted by Crippen LogP contribution is -2.19. The summed E-state index contributed by atoms with van der Waals surface area (Å²) >= 11 is 0. The molecule has 0 saturated carbocycles. The number of hydrogen-bond acceptors (Lipinski definition) is 6. The Morgan fingerprint density at radius 3 is 2.23 bits per heavy atom. The monoisotopic (exact) mass is 528 g/mol. The predicted octanol–water partition coefficient (Wildman–Crippen LogP) is 7.14. The summed E-state index contributed by atoms with van der Waals surface area (Å²) in [7, 11) is 0. The van der Waals surface area contributed by atoms with E-state index in [2.05, 4.69) is 46.4 Å². The van der Waals surface area contributed by atoms with Gasteiger partial charge in [0.05, 0.1) is 40.1 Å². The second-order valence-corrected chi connectivity index (χ2v) is 10.0. The molecule has 0 aliphatic carbocycles. The van der Waals surface area contributed by atoms with E-state index in [-0.39, 0.29) is 17.7 Å². The quantitative estimate of drug-likeness (QED) is 0.242. The first-order chi connectivity index (χ1) is 19.4. The van der Waals surface area contributed by atoms with Crippen molar-refractivity contribution >= 4 is 28.4 Å². The van der Waals surface area contributed by atoms with Gasteiger partial charge in [0.15, 0.2) is 0 Å². The van der Waals surface area contributed by atoms with Crippen LogP contribution in [0.4, 0.5) is 5.69 Å². The molecular formula is C33H28N4O3. The van der Waals surface area contributed by atoms with E-state index in [9.17, 15) is 9.90 Å². The zero-order chi connectivity index (χ0) is 27.6. The number of aromatic nitrogens is 2. The Labute approximate surface area is 232 Å². The van der Waals surface area contributed by atoms with Crippen LogP contribution in [0.2, 0.25) is 0 Å². The summed E-state index contributed by atoms with van der Waals surface area (Å²) < 4.78 is 5.77. The van der Waals surface area contributed by atoms with E-state index in [1.165, 1.54) is 0 Å². The van der Waals surface area contributed by atoms with Crippen molar-refractivity contribution in [3.05, 3.63) is 120 Å². The van der Waals surface area contributed by atoms with E-state index in [0.717, 1.165) is 50.4 Å². The summed E-state index contributed by atoms with van der Waals surface area (Å²) in [6, 6.07) is 29.3. The maximum Gasteiger partial charge on any atom is 0.335 e. The molecule has 1 atom stereocenters. The third-order valence-electron chi connectivity index (χ3n) is 6.92. The molecule has 1 aliphatic heterocycles. The molecule has 0 amide bonds. The van der Waals surface area contributed by atoms with Crippen molar-refractivity contribution in [1.82, 2.24) is 9.97 Å². The molecule has 198 valence electrons. The van der Waals surface area contributed by atoms with E-state index in [1.54, 1.807) is 30.6 Å².